The van der Waals surface area contributed by atoms with Gasteiger partial charge in [0.25, 0.3) is 0 Å². The summed E-state index contributed by atoms with van der Waals surface area (Å²) in [6.45, 7) is 1.46. The summed E-state index contributed by atoms with van der Waals surface area (Å²) in [5.41, 5.74) is 2.60. The van der Waals surface area contributed by atoms with E-state index in [1.807, 2.05) is 59.5 Å². The molecular weight excluding hydrogens is 528 g/mol. The summed E-state index contributed by atoms with van der Waals surface area (Å²) in [5.74, 6) is 1.04. The molecule has 1 saturated carbocycles. The quantitative estimate of drug-likeness (QED) is 0.353. The molecule has 0 aromatic heterocycles. The van der Waals surface area contributed by atoms with Crippen molar-refractivity contribution in [2.24, 2.45) is 0 Å². The van der Waals surface area contributed by atoms with E-state index in [0.717, 1.165) is 29.8 Å². The molecule has 216 valence electrons. The monoisotopic (exact) mass is 562 g/mol. The molecule has 1 atom stereocenters. The van der Waals surface area contributed by atoms with E-state index in [1.165, 1.54) is 0 Å². The largest absolute Gasteiger partial charge is 0.497 e. The number of rotatable bonds is 10. The molecule has 41 heavy (non-hydrogen) atoms. The van der Waals surface area contributed by atoms with Gasteiger partial charge < -0.3 is 24.2 Å². The predicted molar refractivity (Wildman–Crippen MR) is 148 cm³/mol. The van der Waals surface area contributed by atoms with Crippen LogP contribution in [0.4, 0.5) is 10.5 Å². The van der Waals surface area contributed by atoms with Crippen molar-refractivity contribution in [1.29, 1.82) is 0 Å². The number of nitrogens with zero attached hydrogens (tertiary/aromatic N) is 4. The Labute approximate surface area is 238 Å². The highest BCUT2D eigenvalue weighted by molar-refractivity contribution is 5.87. The van der Waals surface area contributed by atoms with Crippen LogP contribution < -0.4 is 14.4 Å². The maximum absolute atomic E-state index is 14.2. The van der Waals surface area contributed by atoms with Gasteiger partial charge >= 0.3 is 6.09 Å². The Morgan fingerprint density at radius 3 is 2.20 bits per heavy atom. The van der Waals surface area contributed by atoms with E-state index < -0.39 is 12.1 Å². The van der Waals surface area contributed by atoms with Gasteiger partial charge in [-0.3, -0.25) is 15.2 Å². The van der Waals surface area contributed by atoms with Crippen LogP contribution >= 0.6 is 0 Å². The molecule has 1 aliphatic heterocycles. The highest BCUT2D eigenvalue weighted by atomic mass is 17.1. The van der Waals surface area contributed by atoms with E-state index in [0.29, 0.717) is 30.9 Å². The van der Waals surface area contributed by atoms with Crippen LogP contribution in [0.2, 0.25) is 0 Å². The Hall–Kier alpha value is -4.16. The Morgan fingerprint density at radius 2 is 1.56 bits per heavy atom. The lowest BCUT2D eigenvalue weighted by Gasteiger charge is -2.43. The topological polar surface area (TPSA) is 115 Å². The van der Waals surface area contributed by atoms with Gasteiger partial charge in [-0.15, -0.1) is 0 Å². The van der Waals surface area contributed by atoms with Gasteiger partial charge in [0.1, 0.15) is 17.5 Å². The molecule has 0 radical (unpaired) electrons. The Bertz CT molecular complexity index is 1300. The van der Waals surface area contributed by atoms with E-state index in [1.54, 1.807) is 36.3 Å². The highest BCUT2D eigenvalue weighted by Gasteiger charge is 2.41. The molecule has 11 nitrogen and oxygen atoms in total. The van der Waals surface area contributed by atoms with Crippen molar-refractivity contribution >= 4 is 17.7 Å². The average Bonchev–Trinajstić information content (AvgIpc) is 3.85. The smallest absolute Gasteiger partial charge is 0.415 e. The molecule has 2 aliphatic rings. The van der Waals surface area contributed by atoms with Crippen molar-refractivity contribution in [3.05, 3.63) is 90.0 Å². The van der Waals surface area contributed by atoms with Crippen molar-refractivity contribution in [1.82, 2.24) is 15.2 Å². The van der Waals surface area contributed by atoms with Gasteiger partial charge in [0, 0.05) is 31.4 Å². The molecule has 2 fully saturated rings. The number of hydrogen-bond acceptors (Lipinski definition) is 9. The van der Waals surface area contributed by atoms with Gasteiger partial charge in [-0.1, -0.05) is 42.5 Å². The van der Waals surface area contributed by atoms with Crippen LogP contribution in [0.15, 0.2) is 78.9 Å². The second-order valence-electron chi connectivity index (χ2n) is 10.1. The van der Waals surface area contributed by atoms with Crippen molar-refractivity contribution in [3.8, 4) is 11.5 Å². The highest BCUT2D eigenvalue weighted by Crippen LogP contribution is 2.32. The fourth-order valence-corrected chi connectivity index (χ4v) is 4.94. The molecule has 1 aliphatic carbocycles. The molecule has 2 amide bonds. The first kappa shape index (κ1) is 28.4. The SMILES string of the molecule is COc1ccc(N2CCN(C(=O)Oc3ccc(CON(O)O)cc3)C[C@@H]2C(=O)N(Cc2ccccc2)C2CC2)cc1. The minimum Gasteiger partial charge on any atom is -0.497 e. The standard InChI is InChI=1S/C30H34N4O7/c1-39-26-15-11-24(12-16-26)32-18-17-31(30(36)41-27-13-7-23(8-14-27)21-40-34(37)38)20-28(32)29(35)33(25-9-10-25)19-22-5-3-2-4-6-22/h2-8,11-16,25,28,37-38H,9-10,17-21H2,1H3/t28-/m1/s1. The molecule has 1 saturated heterocycles. The zero-order chi connectivity index (χ0) is 28.8. The first-order chi connectivity index (χ1) is 19.9. The molecule has 3 aromatic carbocycles. The van der Waals surface area contributed by atoms with Gasteiger partial charge in [0.15, 0.2) is 0 Å². The third kappa shape index (κ3) is 7.33. The fraction of sp³-hybridized carbons (Fsp3) is 0.333. The first-order valence-corrected chi connectivity index (χ1v) is 13.5. The average molecular weight is 563 g/mol. The lowest BCUT2D eigenvalue weighted by molar-refractivity contribution is -0.497. The molecule has 1 heterocycles. The van der Waals surface area contributed by atoms with E-state index in [2.05, 4.69) is 9.74 Å². The fourth-order valence-electron chi connectivity index (χ4n) is 4.94. The number of carbonyl (C=O) groups is 2. The van der Waals surface area contributed by atoms with Crippen LogP contribution in [-0.2, 0) is 22.8 Å². The molecular formula is C30H34N4O7. The van der Waals surface area contributed by atoms with Crippen molar-refractivity contribution in [2.45, 2.75) is 38.1 Å². The first-order valence-electron chi connectivity index (χ1n) is 13.5. The Kier molecular flexibility index (Phi) is 9.00. The lowest BCUT2D eigenvalue weighted by atomic mass is 10.1. The van der Waals surface area contributed by atoms with Gasteiger partial charge in [-0.2, -0.15) is 0 Å². The summed E-state index contributed by atoms with van der Waals surface area (Å²) in [6, 6.07) is 23.7. The maximum atomic E-state index is 14.2. The number of amides is 2. The number of carbonyl (C=O) groups excluding carboxylic acids is 2. The molecule has 0 spiro atoms. The van der Waals surface area contributed by atoms with E-state index in [-0.39, 0.29) is 30.5 Å². The van der Waals surface area contributed by atoms with Gasteiger partial charge in [0.05, 0.1) is 25.7 Å². The number of ether oxygens (including phenoxy) is 2. The van der Waals surface area contributed by atoms with Gasteiger partial charge in [-0.05, 0) is 60.4 Å². The minimum atomic E-state index is -0.589. The molecule has 0 bridgehead atoms. The minimum absolute atomic E-state index is 0.0177. The van der Waals surface area contributed by atoms with Crippen LogP contribution in [0.5, 0.6) is 11.5 Å². The van der Waals surface area contributed by atoms with Crippen molar-refractivity contribution in [2.75, 3.05) is 31.6 Å². The normalized spacial score (nSPS) is 16.9. The maximum Gasteiger partial charge on any atom is 0.415 e. The Balaban J connectivity index is 1.33. The van der Waals surface area contributed by atoms with Crippen LogP contribution in [0.25, 0.3) is 0 Å². The number of methoxy groups -OCH3 is 1. The third-order valence-electron chi connectivity index (χ3n) is 7.27. The number of anilines is 1. The summed E-state index contributed by atoms with van der Waals surface area (Å²) in [5, 5.41) is 17.0. The predicted octanol–water partition coefficient (Wildman–Crippen LogP) is 4.09. The van der Waals surface area contributed by atoms with Crippen LogP contribution in [-0.4, -0.2) is 76.4 Å². The summed E-state index contributed by atoms with van der Waals surface area (Å²) >= 11 is 0. The third-order valence-corrected chi connectivity index (χ3v) is 7.27. The molecule has 11 heteroatoms. The zero-order valence-electron chi connectivity index (χ0n) is 22.8. The van der Waals surface area contributed by atoms with E-state index in [4.69, 9.17) is 19.9 Å². The molecule has 2 N–H and O–H groups in total. The van der Waals surface area contributed by atoms with Crippen LogP contribution in [0.1, 0.15) is 24.0 Å². The molecule has 5 rings (SSSR count). The van der Waals surface area contributed by atoms with Gasteiger partial charge in [-0.25, -0.2) is 9.63 Å². The Morgan fingerprint density at radius 1 is 0.878 bits per heavy atom. The summed E-state index contributed by atoms with van der Waals surface area (Å²) in [7, 11) is 1.61. The van der Waals surface area contributed by atoms with Crippen LogP contribution in [0.3, 0.4) is 0 Å². The number of hydrogen-bond donors (Lipinski definition) is 2. The number of benzene rings is 3. The summed E-state index contributed by atoms with van der Waals surface area (Å²) in [4.78, 5) is 37.6. The second-order valence-corrected chi connectivity index (χ2v) is 10.1. The summed E-state index contributed by atoms with van der Waals surface area (Å²) < 4.78 is 10.9. The zero-order valence-corrected chi connectivity index (χ0v) is 22.8. The van der Waals surface area contributed by atoms with Crippen molar-refractivity contribution < 1.29 is 34.3 Å². The molecule has 3 aromatic rings. The number of piperazine rings is 1. The van der Waals surface area contributed by atoms with E-state index in [9.17, 15) is 9.59 Å². The van der Waals surface area contributed by atoms with E-state index >= 15 is 0 Å². The van der Waals surface area contributed by atoms with Crippen molar-refractivity contribution in [3.63, 3.8) is 0 Å². The second kappa shape index (κ2) is 13.0. The van der Waals surface area contributed by atoms with Gasteiger partial charge in [0.2, 0.25) is 5.91 Å². The lowest BCUT2D eigenvalue weighted by Crippen LogP contribution is -2.61. The van der Waals surface area contributed by atoms with Crippen LogP contribution in [0, 0.1) is 0 Å². The molecule has 0 unspecified atom stereocenters. The summed E-state index contributed by atoms with van der Waals surface area (Å²) in [6.07, 6.45) is 1.39.